The first kappa shape index (κ1) is 16.1. The Labute approximate surface area is 118 Å². The van der Waals surface area contributed by atoms with Crippen LogP contribution in [0.4, 0.5) is 0 Å². The summed E-state index contributed by atoms with van der Waals surface area (Å²) in [6, 6.07) is 7.12. The van der Waals surface area contributed by atoms with Crippen molar-refractivity contribution in [3.63, 3.8) is 0 Å². The summed E-state index contributed by atoms with van der Waals surface area (Å²) in [4.78, 5) is 24.7. The molecule has 0 saturated heterocycles. The van der Waals surface area contributed by atoms with Crippen molar-refractivity contribution < 1.29 is 14.3 Å². The van der Waals surface area contributed by atoms with Gasteiger partial charge in [0.2, 0.25) is 5.91 Å². The molecule has 110 valence electrons. The smallest absolute Gasteiger partial charge is 0.251 e. The number of carbonyl (C=O) groups is 2. The van der Waals surface area contributed by atoms with Crippen LogP contribution in [0.25, 0.3) is 0 Å². The standard InChI is InChI=1S/C14H21N3O3/c1-16-14(19)12-5-3-11(4-6-12)9-17(2)13(18)10-20-8-7-15/h3-6H,7-10,15H2,1-2H3,(H,16,19). The normalized spacial score (nSPS) is 10.2. The van der Waals surface area contributed by atoms with Crippen LogP contribution in [0.5, 0.6) is 0 Å². The molecule has 0 aliphatic heterocycles. The van der Waals surface area contributed by atoms with E-state index in [9.17, 15) is 9.59 Å². The molecule has 0 saturated carbocycles. The molecule has 1 rings (SSSR count). The third kappa shape index (κ3) is 4.99. The largest absolute Gasteiger partial charge is 0.370 e. The van der Waals surface area contributed by atoms with Gasteiger partial charge in [-0.25, -0.2) is 0 Å². The second-order valence-electron chi connectivity index (χ2n) is 4.37. The molecule has 0 bridgehead atoms. The predicted molar refractivity (Wildman–Crippen MR) is 76.2 cm³/mol. The minimum absolute atomic E-state index is 0.0318. The van der Waals surface area contributed by atoms with E-state index in [0.29, 0.717) is 25.3 Å². The number of likely N-dealkylation sites (N-methyl/N-ethyl adjacent to an activating group) is 1. The molecule has 20 heavy (non-hydrogen) atoms. The molecule has 0 heterocycles. The minimum atomic E-state index is -0.129. The topological polar surface area (TPSA) is 84.7 Å². The van der Waals surface area contributed by atoms with Crippen LogP contribution < -0.4 is 11.1 Å². The molecule has 0 unspecified atom stereocenters. The van der Waals surface area contributed by atoms with Crippen molar-refractivity contribution in [1.29, 1.82) is 0 Å². The maximum atomic E-state index is 11.7. The van der Waals surface area contributed by atoms with E-state index in [1.807, 2.05) is 12.1 Å². The van der Waals surface area contributed by atoms with E-state index < -0.39 is 0 Å². The van der Waals surface area contributed by atoms with Crippen LogP contribution in [0.2, 0.25) is 0 Å². The fourth-order valence-electron chi connectivity index (χ4n) is 1.62. The zero-order valence-corrected chi connectivity index (χ0v) is 11.9. The lowest BCUT2D eigenvalue weighted by Crippen LogP contribution is -2.30. The number of carbonyl (C=O) groups excluding carboxylic acids is 2. The molecule has 0 atom stereocenters. The predicted octanol–water partition coefficient (Wildman–Crippen LogP) is -0.0201. The lowest BCUT2D eigenvalue weighted by molar-refractivity contribution is -0.135. The van der Waals surface area contributed by atoms with Crippen molar-refractivity contribution >= 4 is 11.8 Å². The van der Waals surface area contributed by atoms with E-state index in [1.54, 1.807) is 31.1 Å². The Morgan fingerprint density at radius 3 is 2.50 bits per heavy atom. The van der Waals surface area contributed by atoms with Gasteiger partial charge in [-0.15, -0.1) is 0 Å². The van der Waals surface area contributed by atoms with Crippen molar-refractivity contribution in [2.45, 2.75) is 6.54 Å². The fourth-order valence-corrected chi connectivity index (χ4v) is 1.62. The first-order chi connectivity index (χ1) is 9.58. The lowest BCUT2D eigenvalue weighted by Gasteiger charge is -2.17. The molecule has 1 aromatic rings. The summed E-state index contributed by atoms with van der Waals surface area (Å²) >= 11 is 0. The molecule has 0 radical (unpaired) electrons. The van der Waals surface area contributed by atoms with Gasteiger partial charge in [0.15, 0.2) is 0 Å². The first-order valence-electron chi connectivity index (χ1n) is 6.41. The van der Waals surface area contributed by atoms with Gasteiger partial charge < -0.3 is 20.7 Å². The molecule has 2 amide bonds. The number of hydrogen-bond donors (Lipinski definition) is 2. The summed E-state index contributed by atoms with van der Waals surface area (Å²) in [5.41, 5.74) is 6.83. The molecule has 6 nitrogen and oxygen atoms in total. The highest BCUT2D eigenvalue weighted by atomic mass is 16.5. The molecular weight excluding hydrogens is 258 g/mol. The fraction of sp³-hybridized carbons (Fsp3) is 0.429. The highest BCUT2D eigenvalue weighted by Crippen LogP contribution is 2.07. The van der Waals surface area contributed by atoms with Crippen LogP contribution in [0.15, 0.2) is 24.3 Å². The molecule has 0 spiro atoms. The molecule has 0 aromatic heterocycles. The van der Waals surface area contributed by atoms with Crippen LogP contribution in [0.3, 0.4) is 0 Å². The second-order valence-corrected chi connectivity index (χ2v) is 4.37. The number of rotatable bonds is 7. The number of ether oxygens (including phenoxy) is 1. The highest BCUT2D eigenvalue weighted by Gasteiger charge is 2.10. The third-order valence-corrected chi connectivity index (χ3v) is 2.78. The van der Waals surface area contributed by atoms with Crippen LogP contribution in [-0.2, 0) is 16.1 Å². The van der Waals surface area contributed by atoms with Gasteiger partial charge in [-0.1, -0.05) is 12.1 Å². The molecule has 0 aliphatic rings. The Morgan fingerprint density at radius 1 is 1.30 bits per heavy atom. The van der Waals surface area contributed by atoms with Crippen molar-refractivity contribution in [2.24, 2.45) is 5.73 Å². The van der Waals surface area contributed by atoms with Crippen molar-refractivity contribution in [2.75, 3.05) is 33.9 Å². The van der Waals surface area contributed by atoms with Crippen LogP contribution in [-0.4, -0.2) is 50.6 Å². The SMILES string of the molecule is CNC(=O)c1ccc(CN(C)C(=O)COCCN)cc1. The molecule has 1 aromatic carbocycles. The monoisotopic (exact) mass is 279 g/mol. The van der Waals surface area contributed by atoms with Crippen molar-refractivity contribution in [1.82, 2.24) is 10.2 Å². The Balaban J connectivity index is 2.51. The quantitative estimate of drug-likeness (QED) is 0.687. The lowest BCUT2D eigenvalue weighted by atomic mass is 10.1. The Bertz CT molecular complexity index is 445. The number of nitrogens with zero attached hydrogens (tertiary/aromatic N) is 1. The van der Waals surface area contributed by atoms with Crippen LogP contribution in [0.1, 0.15) is 15.9 Å². The van der Waals surface area contributed by atoms with Gasteiger partial charge in [-0.3, -0.25) is 9.59 Å². The Morgan fingerprint density at radius 2 is 1.95 bits per heavy atom. The van der Waals surface area contributed by atoms with E-state index in [4.69, 9.17) is 10.5 Å². The van der Waals surface area contributed by atoms with Gasteiger partial charge in [0.25, 0.3) is 5.91 Å². The van der Waals surface area contributed by atoms with Gasteiger partial charge in [-0.05, 0) is 17.7 Å². The molecule has 0 fully saturated rings. The summed E-state index contributed by atoms with van der Waals surface area (Å²) in [6.07, 6.45) is 0. The number of benzene rings is 1. The molecule has 0 aliphatic carbocycles. The van der Waals surface area contributed by atoms with E-state index in [1.165, 1.54) is 0 Å². The van der Waals surface area contributed by atoms with E-state index in [0.717, 1.165) is 5.56 Å². The van der Waals surface area contributed by atoms with E-state index >= 15 is 0 Å². The minimum Gasteiger partial charge on any atom is -0.370 e. The number of hydrogen-bond acceptors (Lipinski definition) is 4. The third-order valence-electron chi connectivity index (χ3n) is 2.78. The summed E-state index contributed by atoms with van der Waals surface area (Å²) < 4.78 is 5.10. The number of nitrogens with one attached hydrogen (secondary N) is 1. The molecule has 6 heteroatoms. The van der Waals surface area contributed by atoms with Gasteiger partial charge in [-0.2, -0.15) is 0 Å². The highest BCUT2D eigenvalue weighted by molar-refractivity contribution is 5.93. The summed E-state index contributed by atoms with van der Waals surface area (Å²) in [7, 11) is 3.30. The van der Waals surface area contributed by atoms with Crippen molar-refractivity contribution in [3.05, 3.63) is 35.4 Å². The summed E-state index contributed by atoms with van der Waals surface area (Å²) in [5.74, 6) is -0.231. The maximum Gasteiger partial charge on any atom is 0.251 e. The van der Waals surface area contributed by atoms with Crippen molar-refractivity contribution in [3.8, 4) is 0 Å². The van der Waals surface area contributed by atoms with E-state index in [-0.39, 0.29) is 18.4 Å². The molecular formula is C14H21N3O3. The van der Waals surface area contributed by atoms with Gasteiger partial charge in [0.05, 0.1) is 6.61 Å². The summed E-state index contributed by atoms with van der Waals surface area (Å²) in [5, 5.41) is 2.56. The zero-order chi connectivity index (χ0) is 15.0. The average molecular weight is 279 g/mol. The van der Waals surface area contributed by atoms with Crippen LogP contribution in [0, 0.1) is 0 Å². The summed E-state index contributed by atoms with van der Waals surface area (Å²) in [6.45, 7) is 1.28. The molecule has 3 N–H and O–H groups in total. The van der Waals surface area contributed by atoms with Gasteiger partial charge in [0, 0.05) is 32.7 Å². The second kappa shape index (κ2) is 8.29. The Kier molecular flexibility index (Phi) is 6.69. The van der Waals surface area contributed by atoms with Gasteiger partial charge >= 0.3 is 0 Å². The first-order valence-corrected chi connectivity index (χ1v) is 6.41. The Hall–Kier alpha value is -1.92. The average Bonchev–Trinajstić information content (AvgIpc) is 2.47. The number of nitrogens with two attached hydrogens (primary N) is 1. The maximum absolute atomic E-state index is 11.7. The zero-order valence-electron chi connectivity index (χ0n) is 11.9. The number of amides is 2. The van der Waals surface area contributed by atoms with E-state index in [2.05, 4.69) is 5.32 Å². The van der Waals surface area contributed by atoms with Crippen LogP contribution >= 0.6 is 0 Å². The van der Waals surface area contributed by atoms with Gasteiger partial charge in [0.1, 0.15) is 6.61 Å².